The van der Waals surface area contributed by atoms with Gasteiger partial charge in [-0.3, -0.25) is 4.79 Å². The number of carbonyl (C=O) groups excluding carboxylic acids is 1. The van der Waals surface area contributed by atoms with E-state index in [1.165, 1.54) is 0 Å². The summed E-state index contributed by atoms with van der Waals surface area (Å²) in [5.41, 5.74) is 0.952. The summed E-state index contributed by atoms with van der Waals surface area (Å²) in [6.07, 6.45) is 4.95. The van der Waals surface area contributed by atoms with Gasteiger partial charge in [-0.05, 0) is 44.4 Å². The molecular formula is C19H31NO4S. The van der Waals surface area contributed by atoms with Gasteiger partial charge >= 0.3 is 10.1 Å². The highest BCUT2D eigenvalue weighted by Gasteiger charge is 2.24. The Hall–Kier alpha value is -1.56. The van der Waals surface area contributed by atoms with E-state index in [2.05, 4.69) is 13.8 Å². The molecule has 0 heterocycles. The van der Waals surface area contributed by atoms with Crippen molar-refractivity contribution in [1.82, 2.24) is 4.90 Å². The lowest BCUT2D eigenvalue weighted by atomic mass is 9.97. The molecule has 1 aromatic carbocycles. The van der Waals surface area contributed by atoms with Crippen molar-refractivity contribution in [3.8, 4) is 5.75 Å². The first-order valence-corrected chi connectivity index (χ1v) is 10.8. The third kappa shape index (κ3) is 7.46. The maximum Gasteiger partial charge on any atom is 0.306 e. The predicted molar refractivity (Wildman–Crippen MR) is 101 cm³/mol. The number of benzene rings is 1. The van der Waals surface area contributed by atoms with Crippen LogP contribution in [0.25, 0.3) is 0 Å². The highest BCUT2D eigenvalue weighted by Crippen LogP contribution is 2.21. The second-order valence-corrected chi connectivity index (χ2v) is 8.31. The van der Waals surface area contributed by atoms with Gasteiger partial charge in [0.15, 0.2) is 0 Å². The Morgan fingerprint density at radius 3 is 2.20 bits per heavy atom. The van der Waals surface area contributed by atoms with E-state index in [1.54, 1.807) is 24.3 Å². The number of nitrogens with zero attached hydrogens (tertiary/aromatic N) is 1. The molecule has 0 aliphatic heterocycles. The summed E-state index contributed by atoms with van der Waals surface area (Å²) in [5.74, 6) is 0.542. The fourth-order valence-corrected chi connectivity index (χ4v) is 3.18. The average molecular weight is 370 g/mol. The van der Waals surface area contributed by atoms with Crippen LogP contribution in [0.1, 0.15) is 58.9 Å². The summed E-state index contributed by atoms with van der Waals surface area (Å²) in [4.78, 5) is 14.8. The van der Waals surface area contributed by atoms with E-state index in [1.807, 2.05) is 18.7 Å². The number of amides is 1. The molecule has 0 radical (unpaired) electrons. The maximum absolute atomic E-state index is 12.9. The topological polar surface area (TPSA) is 63.7 Å². The van der Waals surface area contributed by atoms with Crippen LogP contribution in [-0.2, 0) is 21.5 Å². The molecule has 5 nitrogen and oxygen atoms in total. The molecule has 0 aliphatic carbocycles. The molecule has 0 N–H and O–H groups in total. The van der Waals surface area contributed by atoms with Crippen molar-refractivity contribution in [3.05, 3.63) is 29.8 Å². The molecule has 25 heavy (non-hydrogen) atoms. The van der Waals surface area contributed by atoms with Crippen molar-refractivity contribution in [1.29, 1.82) is 0 Å². The van der Waals surface area contributed by atoms with E-state index >= 15 is 0 Å². The summed E-state index contributed by atoms with van der Waals surface area (Å²) >= 11 is 0. The monoisotopic (exact) mass is 369 g/mol. The zero-order valence-corrected chi connectivity index (χ0v) is 16.8. The van der Waals surface area contributed by atoms with Gasteiger partial charge in [0.1, 0.15) is 5.75 Å². The Kier molecular flexibility index (Phi) is 8.42. The van der Waals surface area contributed by atoms with Gasteiger partial charge in [0, 0.05) is 18.5 Å². The van der Waals surface area contributed by atoms with Gasteiger partial charge in [0.2, 0.25) is 5.91 Å². The summed E-state index contributed by atoms with van der Waals surface area (Å²) in [5, 5.41) is 0. The van der Waals surface area contributed by atoms with Crippen LogP contribution in [0.4, 0.5) is 0 Å². The molecule has 0 saturated heterocycles. The number of rotatable bonds is 10. The highest BCUT2D eigenvalue weighted by molar-refractivity contribution is 7.86. The standard InChI is InChI=1S/C19H31NO4S/c1-6-8-9-17(7-2)19(21)20(15(3)4)14-16-10-12-18(13-11-16)24-25(5,22)23/h10-13,15,17H,6-9,14H2,1-5H3/t17-/m1/s1. The van der Waals surface area contributed by atoms with Crippen molar-refractivity contribution in [2.24, 2.45) is 5.92 Å². The van der Waals surface area contributed by atoms with E-state index in [0.717, 1.165) is 37.5 Å². The Morgan fingerprint density at radius 2 is 1.76 bits per heavy atom. The van der Waals surface area contributed by atoms with Gasteiger partial charge in [-0.15, -0.1) is 0 Å². The van der Waals surface area contributed by atoms with Gasteiger partial charge in [0.05, 0.1) is 6.26 Å². The minimum absolute atomic E-state index is 0.0650. The summed E-state index contributed by atoms with van der Waals surface area (Å²) in [7, 11) is -3.53. The summed E-state index contributed by atoms with van der Waals surface area (Å²) in [6.45, 7) is 8.75. The van der Waals surface area contributed by atoms with Crippen LogP contribution in [0.2, 0.25) is 0 Å². The zero-order chi connectivity index (χ0) is 19.0. The molecule has 142 valence electrons. The van der Waals surface area contributed by atoms with E-state index in [-0.39, 0.29) is 23.6 Å². The quantitative estimate of drug-likeness (QED) is 0.585. The molecule has 1 aromatic rings. The van der Waals surface area contributed by atoms with Gasteiger partial charge in [-0.1, -0.05) is 38.8 Å². The molecular weight excluding hydrogens is 338 g/mol. The van der Waals surface area contributed by atoms with Crippen LogP contribution >= 0.6 is 0 Å². The lowest BCUT2D eigenvalue weighted by Crippen LogP contribution is -2.40. The molecule has 0 bridgehead atoms. The Labute approximate surface area is 152 Å². The fraction of sp³-hybridized carbons (Fsp3) is 0.632. The number of hydrogen-bond donors (Lipinski definition) is 0. The third-order valence-electron chi connectivity index (χ3n) is 4.18. The van der Waals surface area contributed by atoms with Crippen molar-refractivity contribution in [2.75, 3.05) is 6.26 Å². The predicted octanol–water partition coefficient (Wildman–Crippen LogP) is 3.98. The lowest BCUT2D eigenvalue weighted by molar-refractivity contribution is -0.138. The van der Waals surface area contributed by atoms with Gasteiger partial charge < -0.3 is 9.08 Å². The van der Waals surface area contributed by atoms with E-state index in [0.29, 0.717) is 6.54 Å². The van der Waals surface area contributed by atoms with E-state index in [4.69, 9.17) is 4.18 Å². The van der Waals surface area contributed by atoms with Crippen LogP contribution in [0, 0.1) is 5.92 Å². The van der Waals surface area contributed by atoms with Crippen LogP contribution in [0.5, 0.6) is 5.75 Å². The Bertz CT molecular complexity index is 638. The molecule has 0 fully saturated rings. The van der Waals surface area contributed by atoms with Crippen molar-refractivity contribution >= 4 is 16.0 Å². The SMILES string of the molecule is CCCC[C@@H](CC)C(=O)N(Cc1ccc(OS(C)(=O)=O)cc1)C(C)C. The van der Waals surface area contributed by atoms with E-state index in [9.17, 15) is 13.2 Å². The first kappa shape index (κ1) is 21.5. The second-order valence-electron chi connectivity index (χ2n) is 6.74. The van der Waals surface area contributed by atoms with Crippen LogP contribution in [0.3, 0.4) is 0 Å². The molecule has 0 aliphatic rings. The third-order valence-corrected chi connectivity index (χ3v) is 4.67. The molecule has 1 amide bonds. The largest absolute Gasteiger partial charge is 0.383 e. The highest BCUT2D eigenvalue weighted by atomic mass is 32.2. The molecule has 0 aromatic heterocycles. The second kappa shape index (κ2) is 9.80. The Balaban J connectivity index is 2.85. The fourth-order valence-electron chi connectivity index (χ4n) is 2.72. The molecule has 1 rings (SSSR count). The zero-order valence-electron chi connectivity index (χ0n) is 16.0. The van der Waals surface area contributed by atoms with Crippen molar-refractivity contribution in [2.45, 2.75) is 66.0 Å². The van der Waals surface area contributed by atoms with Gasteiger partial charge in [-0.25, -0.2) is 0 Å². The lowest BCUT2D eigenvalue weighted by Gasteiger charge is -2.30. The van der Waals surface area contributed by atoms with Crippen LogP contribution in [0.15, 0.2) is 24.3 Å². The number of unbranched alkanes of at least 4 members (excludes halogenated alkanes) is 1. The first-order valence-electron chi connectivity index (χ1n) is 8.96. The maximum atomic E-state index is 12.9. The van der Waals surface area contributed by atoms with Crippen molar-refractivity contribution in [3.63, 3.8) is 0 Å². The number of hydrogen-bond acceptors (Lipinski definition) is 4. The Morgan fingerprint density at radius 1 is 1.16 bits per heavy atom. The van der Waals surface area contributed by atoms with E-state index < -0.39 is 10.1 Å². The van der Waals surface area contributed by atoms with Gasteiger partial charge in [-0.2, -0.15) is 8.42 Å². The summed E-state index contributed by atoms with van der Waals surface area (Å²) in [6, 6.07) is 6.95. The molecule has 6 heteroatoms. The molecule has 0 saturated carbocycles. The normalized spacial score (nSPS) is 12.9. The van der Waals surface area contributed by atoms with Gasteiger partial charge in [0.25, 0.3) is 0 Å². The number of carbonyl (C=O) groups is 1. The minimum atomic E-state index is -3.53. The first-order chi connectivity index (χ1) is 11.7. The average Bonchev–Trinajstić information content (AvgIpc) is 2.52. The molecule has 0 spiro atoms. The molecule has 0 unspecified atom stereocenters. The van der Waals surface area contributed by atoms with Crippen LogP contribution < -0.4 is 4.18 Å². The molecule has 1 atom stereocenters. The smallest absolute Gasteiger partial charge is 0.306 e. The van der Waals surface area contributed by atoms with Crippen LogP contribution in [-0.4, -0.2) is 31.5 Å². The summed E-state index contributed by atoms with van der Waals surface area (Å²) < 4.78 is 27.2. The minimum Gasteiger partial charge on any atom is -0.383 e. The van der Waals surface area contributed by atoms with Crippen molar-refractivity contribution < 1.29 is 17.4 Å².